The van der Waals surface area contributed by atoms with Gasteiger partial charge in [0.2, 0.25) is 10.0 Å². The molecule has 3 rings (SSSR count). The Bertz CT molecular complexity index is 1060. The van der Waals surface area contributed by atoms with Crippen molar-refractivity contribution in [2.24, 2.45) is 0 Å². The van der Waals surface area contributed by atoms with Gasteiger partial charge in [-0.15, -0.1) is 0 Å². The lowest BCUT2D eigenvalue weighted by molar-refractivity contribution is -0.137. The predicted molar refractivity (Wildman–Crippen MR) is 132 cm³/mol. The maximum absolute atomic E-state index is 12.9. The molecule has 2 N–H and O–H groups in total. The summed E-state index contributed by atoms with van der Waals surface area (Å²) in [6.07, 6.45) is -0.329. The molecular formula is C24H31ClF3N3O3S. The molecule has 1 heterocycles. The third-order valence-corrected chi connectivity index (χ3v) is 7.35. The number of ether oxygens (including phenoxy) is 1. The van der Waals surface area contributed by atoms with Crippen LogP contribution in [0.2, 0.25) is 5.02 Å². The lowest BCUT2D eigenvalue weighted by Crippen LogP contribution is -2.31. The molecule has 11 heteroatoms. The van der Waals surface area contributed by atoms with Crippen molar-refractivity contribution in [1.29, 1.82) is 0 Å². The number of sulfonamides is 1. The van der Waals surface area contributed by atoms with E-state index in [4.69, 9.17) is 16.3 Å². The van der Waals surface area contributed by atoms with Crippen LogP contribution in [-0.2, 0) is 22.7 Å². The van der Waals surface area contributed by atoms with Crippen LogP contribution in [0.1, 0.15) is 36.8 Å². The zero-order valence-electron chi connectivity index (χ0n) is 19.4. The minimum atomic E-state index is -4.58. The summed E-state index contributed by atoms with van der Waals surface area (Å²) in [5, 5.41) is 2.28. The van der Waals surface area contributed by atoms with Gasteiger partial charge >= 0.3 is 6.18 Å². The van der Waals surface area contributed by atoms with E-state index in [1.54, 1.807) is 0 Å². The molecule has 1 saturated heterocycles. The average molecular weight is 534 g/mol. The van der Waals surface area contributed by atoms with Crippen LogP contribution in [-0.4, -0.2) is 51.9 Å². The second-order valence-corrected chi connectivity index (χ2v) is 10.9. The molecule has 1 aliphatic heterocycles. The summed E-state index contributed by atoms with van der Waals surface area (Å²) in [5.74, 6) is 0.476. The first-order valence-electron chi connectivity index (χ1n) is 11.6. The zero-order chi connectivity index (χ0) is 25.3. The Labute approximate surface area is 209 Å². The fourth-order valence-corrected chi connectivity index (χ4v) is 5.05. The SMILES string of the molecule is O=S(=O)(CCNc1ccc(Cl)c(C(F)(F)F)c1)NCCCOc1cccc(CN2CCCCC2)c1. The molecule has 0 unspecified atom stereocenters. The van der Waals surface area contributed by atoms with Gasteiger partial charge in [-0.25, -0.2) is 13.1 Å². The van der Waals surface area contributed by atoms with Gasteiger partial charge in [0.1, 0.15) is 5.75 Å². The molecule has 194 valence electrons. The molecule has 2 aromatic rings. The molecule has 0 radical (unpaired) electrons. The smallest absolute Gasteiger partial charge is 0.417 e. The number of nitrogens with zero attached hydrogens (tertiary/aromatic N) is 1. The summed E-state index contributed by atoms with van der Waals surface area (Å²) in [7, 11) is -3.59. The third kappa shape index (κ3) is 9.51. The molecule has 0 atom stereocenters. The maximum Gasteiger partial charge on any atom is 0.417 e. The number of nitrogens with one attached hydrogen (secondary N) is 2. The minimum Gasteiger partial charge on any atom is -0.494 e. The zero-order valence-corrected chi connectivity index (χ0v) is 21.0. The molecule has 0 saturated carbocycles. The van der Waals surface area contributed by atoms with Gasteiger partial charge in [0.15, 0.2) is 0 Å². The summed E-state index contributed by atoms with van der Waals surface area (Å²) in [4.78, 5) is 2.44. The molecule has 0 aromatic heterocycles. The van der Waals surface area contributed by atoms with Gasteiger partial charge in [-0.1, -0.05) is 30.2 Å². The van der Waals surface area contributed by atoms with Crippen molar-refractivity contribution >= 4 is 27.3 Å². The Morgan fingerprint density at radius 1 is 1.03 bits per heavy atom. The fraction of sp³-hybridized carbons (Fsp3) is 0.500. The molecule has 6 nitrogen and oxygen atoms in total. The largest absolute Gasteiger partial charge is 0.494 e. The topological polar surface area (TPSA) is 70.7 Å². The van der Waals surface area contributed by atoms with Crippen molar-refractivity contribution < 1.29 is 26.3 Å². The normalized spacial score (nSPS) is 15.2. The van der Waals surface area contributed by atoms with E-state index in [2.05, 4.69) is 21.0 Å². The Kier molecular flexibility index (Phi) is 10.1. The van der Waals surface area contributed by atoms with E-state index in [9.17, 15) is 21.6 Å². The van der Waals surface area contributed by atoms with Crippen LogP contribution in [0.3, 0.4) is 0 Å². The van der Waals surface area contributed by atoms with Gasteiger partial charge in [0.05, 0.1) is 22.9 Å². The molecule has 1 aliphatic rings. The predicted octanol–water partition coefficient (Wildman–Crippen LogP) is 5.15. The molecule has 0 bridgehead atoms. The number of halogens is 4. The lowest BCUT2D eigenvalue weighted by atomic mass is 10.1. The van der Waals surface area contributed by atoms with E-state index in [-0.39, 0.29) is 24.5 Å². The van der Waals surface area contributed by atoms with Gasteiger partial charge in [0, 0.05) is 25.3 Å². The first-order valence-corrected chi connectivity index (χ1v) is 13.7. The fourth-order valence-electron chi connectivity index (χ4n) is 3.85. The van der Waals surface area contributed by atoms with Gasteiger partial charge < -0.3 is 10.1 Å². The van der Waals surface area contributed by atoms with Crippen LogP contribution >= 0.6 is 11.6 Å². The Hall–Kier alpha value is -2.01. The highest BCUT2D eigenvalue weighted by Gasteiger charge is 2.33. The van der Waals surface area contributed by atoms with Gasteiger partial charge in [-0.2, -0.15) is 13.2 Å². The molecule has 0 aliphatic carbocycles. The van der Waals surface area contributed by atoms with Crippen LogP contribution < -0.4 is 14.8 Å². The molecule has 0 amide bonds. The lowest BCUT2D eigenvalue weighted by Gasteiger charge is -2.26. The van der Waals surface area contributed by atoms with Crippen LogP contribution in [0, 0.1) is 0 Å². The van der Waals surface area contributed by atoms with Crippen molar-refractivity contribution in [1.82, 2.24) is 9.62 Å². The van der Waals surface area contributed by atoms with Gasteiger partial charge in [-0.3, -0.25) is 4.90 Å². The molecule has 1 fully saturated rings. The molecule has 35 heavy (non-hydrogen) atoms. The second kappa shape index (κ2) is 12.8. The number of likely N-dealkylation sites (tertiary alicyclic amines) is 1. The first-order chi connectivity index (χ1) is 16.6. The van der Waals surface area contributed by atoms with Crippen molar-refractivity contribution in [3.63, 3.8) is 0 Å². The molecule has 0 spiro atoms. The molecule has 2 aromatic carbocycles. The van der Waals surface area contributed by atoms with Crippen LogP contribution in [0.25, 0.3) is 0 Å². The summed E-state index contributed by atoms with van der Waals surface area (Å²) in [5.41, 5.74) is 0.371. The Balaban J connectivity index is 1.35. The quantitative estimate of drug-likeness (QED) is 0.369. The number of anilines is 1. The van der Waals surface area contributed by atoms with E-state index < -0.39 is 26.8 Å². The van der Waals surface area contributed by atoms with E-state index in [0.717, 1.165) is 37.5 Å². The highest BCUT2D eigenvalue weighted by Crippen LogP contribution is 2.36. The number of benzene rings is 2. The highest BCUT2D eigenvalue weighted by atomic mass is 35.5. The van der Waals surface area contributed by atoms with Gasteiger partial charge in [-0.05, 0) is 68.2 Å². The first kappa shape index (κ1) is 27.6. The summed E-state index contributed by atoms with van der Waals surface area (Å²) < 4.78 is 71.4. The summed E-state index contributed by atoms with van der Waals surface area (Å²) in [6, 6.07) is 11.3. The Morgan fingerprint density at radius 2 is 1.80 bits per heavy atom. The summed E-state index contributed by atoms with van der Waals surface area (Å²) in [6.45, 7) is 3.66. The van der Waals surface area contributed by atoms with E-state index >= 15 is 0 Å². The van der Waals surface area contributed by atoms with E-state index in [1.165, 1.54) is 30.9 Å². The minimum absolute atomic E-state index is 0.0471. The number of hydrogen-bond donors (Lipinski definition) is 2. The Morgan fingerprint density at radius 3 is 2.54 bits per heavy atom. The van der Waals surface area contributed by atoms with Crippen LogP contribution in [0.4, 0.5) is 18.9 Å². The van der Waals surface area contributed by atoms with Crippen molar-refractivity contribution in [2.75, 3.05) is 43.9 Å². The van der Waals surface area contributed by atoms with Crippen molar-refractivity contribution in [3.05, 3.63) is 58.6 Å². The third-order valence-electron chi connectivity index (χ3n) is 5.64. The maximum atomic E-state index is 12.9. The van der Waals surface area contributed by atoms with Crippen molar-refractivity contribution in [3.8, 4) is 5.75 Å². The monoisotopic (exact) mass is 533 g/mol. The number of piperidine rings is 1. The van der Waals surface area contributed by atoms with E-state index in [1.807, 2.05) is 18.2 Å². The van der Waals surface area contributed by atoms with Crippen LogP contribution in [0.15, 0.2) is 42.5 Å². The number of hydrogen-bond acceptors (Lipinski definition) is 5. The highest BCUT2D eigenvalue weighted by molar-refractivity contribution is 7.89. The standard InChI is InChI=1S/C24H31ClF3N3O3S/c25-23-9-8-20(17-22(23)24(26,27)28)29-11-15-35(32,33)30-10-5-14-34-21-7-4-6-19(16-21)18-31-12-2-1-3-13-31/h4,6-9,16-17,29-30H,1-3,5,10-15,18H2. The van der Waals surface area contributed by atoms with Gasteiger partial charge in [0.25, 0.3) is 0 Å². The van der Waals surface area contributed by atoms with E-state index in [0.29, 0.717) is 13.0 Å². The number of rotatable bonds is 12. The summed E-state index contributed by atoms with van der Waals surface area (Å²) >= 11 is 5.59. The molecular weight excluding hydrogens is 503 g/mol. The van der Waals surface area contributed by atoms with Crippen molar-refractivity contribution in [2.45, 2.75) is 38.4 Å². The number of alkyl halides is 3. The average Bonchev–Trinajstić information content (AvgIpc) is 2.80. The van der Waals surface area contributed by atoms with Crippen LogP contribution in [0.5, 0.6) is 5.75 Å². The second-order valence-electron chi connectivity index (χ2n) is 8.52.